The first-order valence-corrected chi connectivity index (χ1v) is 8.29. The number of rotatable bonds is 5. The van der Waals surface area contributed by atoms with E-state index in [0.717, 1.165) is 11.3 Å². The molecule has 0 bridgehead atoms. The molecule has 7 nitrogen and oxygen atoms in total. The van der Waals surface area contributed by atoms with E-state index in [1.807, 2.05) is 6.07 Å². The number of nitrogens with two attached hydrogens (primary N) is 2. The summed E-state index contributed by atoms with van der Waals surface area (Å²) in [5, 5.41) is 9.70. The van der Waals surface area contributed by atoms with Crippen LogP contribution in [0.3, 0.4) is 0 Å². The minimum Gasteiger partial charge on any atom is -0.462 e. The van der Waals surface area contributed by atoms with E-state index in [2.05, 4.69) is 0 Å². The molecule has 25 heavy (non-hydrogen) atoms. The van der Waals surface area contributed by atoms with Crippen LogP contribution in [0.2, 0.25) is 5.02 Å². The van der Waals surface area contributed by atoms with Crippen molar-refractivity contribution in [2.24, 2.45) is 0 Å². The van der Waals surface area contributed by atoms with Gasteiger partial charge in [-0.1, -0.05) is 11.6 Å². The van der Waals surface area contributed by atoms with E-state index in [1.165, 1.54) is 18.2 Å². The summed E-state index contributed by atoms with van der Waals surface area (Å²) in [6, 6.07) is 6.22. The number of anilines is 2. The van der Waals surface area contributed by atoms with Gasteiger partial charge in [0.05, 0.1) is 28.4 Å². The molecule has 0 atom stereocenters. The van der Waals surface area contributed by atoms with Gasteiger partial charge in [-0.25, -0.2) is 9.59 Å². The van der Waals surface area contributed by atoms with Gasteiger partial charge in [0, 0.05) is 5.56 Å². The average Bonchev–Trinajstić information content (AvgIpc) is 2.91. The van der Waals surface area contributed by atoms with Gasteiger partial charge in [0.1, 0.15) is 22.6 Å². The van der Waals surface area contributed by atoms with Gasteiger partial charge < -0.3 is 20.9 Å². The fourth-order valence-electron chi connectivity index (χ4n) is 2.00. The maximum Gasteiger partial charge on any atom is 0.348 e. The topological polar surface area (TPSA) is 128 Å². The highest BCUT2D eigenvalue weighted by Crippen LogP contribution is 2.32. The van der Waals surface area contributed by atoms with Crippen molar-refractivity contribution in [2.75, 3.05) is 18.1 Å². The van der Waals surface area contributed by atoms with Gasteiger partial charge >= 0.3 is 11.9 Å². The lowest BCUT2D eigenvalue weighted by atomic mass is 10.1. The molecule has 1 heterocycles. The Kier molecular flexibility index (Phi) is 5.85. The Morgan fingerprint density at radius 3 is 2.60 bits per heavy atom. The molecule has 0 unspecified atom stereocenters. The Morgan fingerprint density at radius 2 is 2.00 bits per heavy atom. The fraction of sp³-hybridized carbons (Fsp3) is 0.188. The SMILES string of the molecule is CCOC(=O)c1sc(N)c(C#N)c1COC(=O)c1ccc(Cl)c(N)c1. The molecule has 0 saturated carbocycles. The smallest absolute Gasteiger partial charge is 0.348 e. The molecule has 0 aliphatic rings. The maximum absolute atomic E-state index is 12.1. The van der Waals surface area contributed by atoms with Crippen LogP contribution >= 0.6 is 22.9 Å². The summed E-state index contributed by atoms with van der Waals surface area (Å²) in [4.78, 5) is 24.3. The Hall–Kier alpha value is -2.76. The molecule has 0 aliphatic heterocycles. The maximum atomic E-state index is 12.1. The van der Waals surface area contributed by atoms with Gasteiger partial charge in [0.25, 0.3) is 0 Å². The Balaban J connectivity index is 2.24. The number of nitrogen functional groups attached to an aromatic ring is 2. The van der Waals surface area contributed by atoms with Crippen LogP contribution in [0.25, 0.3) is 0 Å². The molecule has 2 aromatic rings. The van der Waals surface area contributed by atoms with Gasteiger partial charge in [0.15, 0.2) is 0 Å². The molecule has 130 valence electrons. The number of halogens is 1. The molecule has 0 amide bonds. The number of hydrogen-bond acceptors (Lipinski definition) is 8. The van der Waals surface area contributed by atoms with Crippen molar-refractivity contribution in [1.29, 1.82) is 5.26 Å². The van der Waals surface area contributed by atoms with Gasteiger partial charge in [-0.2, -0.15) is 5.26 Å². The van der Waals surface area contributed by atoms with E-state index in [4.69, 9.17) is 32.5 Å². The molecule has 0 radical (unpaired) electrons. The first-order chi connectivity index (χ1) is 11.9. The van der Waals surface area contributed by atoms with E-state index in [-0.39, 0.29) is 45.5 Å². The molecule has 0 fully saturated rings. The molecule has 9 heteroatoms. The molecular weight excluding hydrogens is 366 g/mol. The third kappa shape index (κ3) is 4.02. The number of thiophene rings is 1. The Labute approximate surface area is 152 Å². The summed E-state index contributed by atoms with van der Waals surface area (Å²) in [5.41, 5.74) is 12.2. The Morgan fingerprint density at radius 1 is 1.28 bits per heavy atom. The van der Waals surface area contributed by atoms with Gasteiger partial charge in [-0.15, -0.1) is 11.3 Å². The molecule has 0 saturated heterocycles. The number of hydrogen-bond donors (Lipinski definition) is 2. The minimum atomic E-state index is -0.674. The number of esters is 2. The number of carbonyl (C=O) groups excluding carboxylic acids is 2. The van der Waals surface area contributed by atoms with Crippen LogP contribution in [-0.2, 0) is 16.1 Å². The van der Waals surface area contributed by atoms with Crippen LogP contribution in [0, 0.1) is 11.3 Å². The lowest BCUT2D eigenvalue weighted by Crippen LogP contribution is -2.10. The lowest BCUT2D eigenvalue weighted by molar-refractivity contribution is 0.0453. The molecular formula is C16H14ClN3O4S. The molecule has 0 spiro atoms. The monoisotopic (exact) mass is 379 g/mol. The molecule has 2 rings (SSSR count). The summed E-state index contributed by atoms with van der Waals surface area (Å²) >= 11 is 6.73. The van der Waals surface area contributed by atoms with Crippen molar-refractivity contribution in [3.63, 3.8) is 0 Å². The lowest BCUT2D eigenvalue weighted by Gasteiger charge is -2.07. The molecule has 1 aromatic heterocycles. The number of ether oxygens (including phenoxy) is 2. The van der Waals surface area contributed by atoms with Crippen LogP contribution in [0.4, 0.5) is 10.7 Å². The quantitative estimate of drug-likeness (QED) is 0.603. The van der Waals surface area contributed by atoms with Gasteiger partial charge in [-0.3, -0.25) is 0 Å². The highest BCUT2D eigenvalue weighted by molar-refractivity contribution is 7.18. The molecule has 0 aliphatic carbocycles. The van der Waals surface area contributed by atoms with E-state index < -0.39 is 11.9 Å². The van der Waals surface area contributed by atoms with E-state index in [9.17, 15) is 14.9 Å². The second-order valence-electron chi connectivity index (χ2n) is 4.79. The highest BCUT2D eigenvalue weighted by atomic mass is 35.5. The van der Waals surface area contributed by atoms with Gasteiger partial charge in [-0.05, 0) is 25.1 Å². The van der Waals surface area contributed by atoms with Crippen molar-refractivity contribution < 1.29 is 19.1 Å². The van der Waals surface area contributed by atoms with E-state index in [1.54, 1.807) is 6.92 Å². The average molecular weight is 380 g/mol. The third-order valence-electron chi connectivity index (χ3n) is 3.19. The van der Waals surface area contributed by atoms with Crippen LogP contribution in [-0.4, -0.2) is 18.5 Å². The summed E-state index contributed by atoms with van der Waals surface area (Å²) in [5.74, 6) is -1.30. The van der Waals surface area contributed by atoms with Crippen molar-refractivity contribution in [1.82, 2.24) is 0 Å². The van der Waals surface area contributed by atoms with Crippen molar-refractivity contribution >= 4 is 45.6 Å². The summed E-state index contributed by atoms with van der Waals surface area (Å²) in [6.07, 6.45) is 0. The first kappa shape index (κ1) is 18.6. The predicted molar refractivity (Wildman–Crippen MR) is 94.4 cm³/mol. The van der Waals surface area contributed by atoms with Gasteiger partial charge in [0.2, 0.25) is 0 Å². The standard InChI is InChI=1S/C16H14ClN3O4S/c1-2-23-16(22)13-10(9(6-18)14(20)25-13)7-24-15(21)8-3-4-11(17)12(19)5-8/h3-5H,2,7,19-20H2,1H3. The molecule has 4 N–H and O–H groups in total. The zero-order valence-corrected chi connectivity index (χ0v) is 14.7. The minimum absolute atomic E-state index is 0.0940. The summed E-state index contributed by atoms with van der Waals surface area (Å²) < 4.78 is 10.1. The third-order valence-corrected chi connectivity index (χ3v) is 4.57. The summed E-state index contributed by atoms with van der Waals surface area (Å²) in [7, 11) is 0. The van der Waals surface area contributed by atoms with Crippen molar-refractivity contribution in [2.45, 2.75) is 13.5 Å². The number of nitriles is 1. The van der Waals surface area contributed by atoms with E-state index >= 15 is 0 Å². The Bertz CT molecular complexity index is 873. The highest BCUT2D eigenvalue weighted by Gasteiger charge is 2.24. The zero-order valence-electron chi connectivity index (χ0n) is 13.2. The first-order valence-electron chi connectivity index (χ1n) is 7.09. The number of nitrogens with zero attached hydrogens (tertiary/aromatic N) is 1. The number of carbonyl (C=O) groups is 2. The fourth-order valence-corrected chi connectivity index (χ4v) is 3.03. The van der Waals surface area contributed by atoms with Crippen molar-refractivity contribution in [3.8, 4) is 6.07 Å². The van der Waals surface area contributed by atoms with E-state index in [0.29, 0.717) is 5.02 Å². The van der Waals surface area contributed by atoms with Crippen LogP contribution in [0.5, 0.6) is 0 Å². The largest absolute Gasteiger partial charge is 0.462 e. The van der Waals surface area contributed by atoms with Crippen LogP contribution in [0.15, 0.2) is 18.2 Å². The van der Waals surface area contributed by atoms with Crippen LogP contribution in [0.1, 0.15) is 38.1 Å². The predicted octanol–water partition coefficient (Wildman–Crippen LogP) is 2.97. The molecule has 1 aromatic carbocycles. The van der Waals surface area contributed by atoms with Crippen molar-refractivity contribution in [3.05, 3.63) is 44.8 Å². The second-order valence-corrected chi connectivity index (χ2v) is 6.25. The van der Waals surface area contributed by atoms with Crippen LogP contribution < -0.4 is 11.5 Å². The summed E-state index contributed by atoms with van der Waals surface area (Å²) in [6.45, 7) is 1.53. The normalized spacial score (nSPS) is 10.1. The number of benzene rings is 1. The second kappa shape index (κ2) is 7.88. The zero-order chi connectivity index (χ0) is 18.6.